The molecular formula is C59H89N11O25. The zero-order valence-electron chi connectivity index (χ0n) is 52.0. The summed E-state index contributed by atoms with van der Waals surface area (Å²) in [5.41, 5.74) is 19.5. The monoisotopic (exact) mass is 1350 g/mol. The molecule has 0 saturated carbocycles. The molecule has 3 saturated heterocycles. The maximum absolute atomic E-state index is 15.0. The number of hydrogen-bond donors (Lipinski definition) is 21. The lowest BCUT2D eigenvalue weighted by Crippen LogP contribution is -2.70. The summed E-state index contributed by atoms with van der Waals surface area (Å²) in [4.78, 5) is 92.1. The number of guanidine groups is 2. The highest BCUT2D eigenvalue weighted by molar-refractivity contribution is 5.96. The number of carbonyl (C=O) groups excluding carboxylic acids is 6. The Morgan fingerprint density at radius 3 is 1.92 bits per heavy atom. The van der Waals surface area contributed by atoms with Crippen LogP contribution in [0.2, 0.25) is 0 Å². The number of nitrogens with two attached hydrogens (primary N) is 3. The van der Waals surface area contributed by atoms with E-state index in [0.717, 1.165) is 17.7 Å². The first-order chi connectivity index (χ1) is 45.3. The van der Waals surface area contributed by atoms with E-state index in [1.54, 1.807) is 37.3 Å². The molecule has 530 valence electrons. The van der Waals surface area contributed by atoms with Gasteiger partial charge in [0.05, 0.1) is 57.6 Å². The lowest BCUT2D eigenvalue weighted by atomic mass is 9.93. The fourth-order valence-electron chi connectivity index (χ4n) is 11.5. The van der Waals surface area contributed by atoms with Gasteiger partial charge in [0.15, 0.2) is 30.5 Å². The van der Waals surface area contributed by atoms with Crippen molar-refractivity contribution in [2.45, 2.75) is 205 Å². The number of benzene rings is 2. The summed E-state index contributed by atoms with van der Waals surface area (Å²) < 4.78 is 34.5. The van der Waals surface area contributed by atoms with Crippen LogP contribution in [0.25, 0.3) is 0 Å². The minimum atomic E-state index is -2.27. The van der Waals surface area contributed by atoms with Crippen molar-refractivity contribution >= 4 is 47.8 Å². The van der Waals surface area contributed by atoms with Crippen LogP contribution in [0.15, 0.2) is 64.6 Å². The fourth-order valence-corrected chi connectivity index (χ4v) is 11.5. The van der Waals surface area contributed by atoms with E-state index in [1.165, 1.54) is 24.3 Å². The number of aldehydes is 1. The molecule has 36 nitrogen and oxygen atoms in total. The number of aliphatic imine (C=N–C) groups is 2. The second-order valence-corrected chi connectivity index (χ2v) is 23.8. The maximum Gasteiger partial charge on any atom is 0.306 e. The number of unbranched alkanes of at least 4 members (excludes halogenated alkanes) is 3. The standard InChI is InChI=1S/C59H89N11O25/c1-3-4-5-9-12-36(76)94-50-45(82)43(80)34(23-74)92-57(50)95-49-35(24-75)93-56(48(85)46(49)83)90-29-15-13-26(14-16-29)17-30(66-52(87)37(60)25(2)27-10-7-6-8-11-27)51(86)68-38(40(77)31-18-63-58(61)67-31)54(89)69-39(53(88)65-28(20-71)21-72)41(78)32-19-64-59(62)70(32)55-47(84)44(81)42(79)33(22-73)91-55/h6-8,10-11,13-16,20,25,28,30-35,37-50,55-57,72-75,77-85H,3-5,9,12,17-19,21-24,60H2,1-2H3,(H2,62,64)(H,65,88)(H,66,87)(H,68,86)(H,69,89)(H3,61,63,67)/t25?,28-,30+,31?,32?,33?,34?,35?,37+,38+,39+,40?,41?,42?,43?,44?,45?,46?,47?,48?,49?,50?,55?,56?,57?/m1/s1. The molecule has 0 spiro atoms. The molecule has 0 aliphatic carbocycles. The molecule has 2 aromatic rings. The van der Waals surface area contributed by atoms with Crippen molar-refractivity contribution < 1.29 is 124 Å². The molecule has 0 aromatic heterocycles. The van der Waals surface area contributed by atoms with Crippen molar-refractivity contribution in [1.82, 2.24) is 31.5 Å². The molecular weight excluding hydrogens is 1260 g/mol. The molecule has 5 aliphatic rings. The largest absolute Gasteiger partial charge is 0.462 e. The van der Waals surface area contributed by atoms with E-state index in [-0.39, 0.29) is 36.5 Å². The number of nitrogens with zero attached hydrogens (tertiary/aromatic N) is 3. The van der Waals surface area contributed by atoms with Gasteiger partial charge >= 0.3 is 5.97 Å². The number of amides is 4. The number of ether oxygens (including phenoxy) is 6. The molecule has 0 bridgehead atoms. The van der Waals surface area contributed by atoms with Crippen LogP contribution in [0.1, 0.15) is 63.0 Å². The molecule has 95 heavy (non-hydrogen) atoms. The highest BCUT2D eigenvalue weighted by Gasteiger charge is 2.55. The van der Waals surface area contributed by atoms with Crippen molar-refractivity contribution in [3.63, 3.8) is 0 Å². The number of nitrogens with one attached hydrogen (secondary N) is 5. The lowest BCUT2D eigenvalue weighted by Gasteiger charge is -2.46. The molecule has 36 heteroatoms. The first-order valence-corrected chi connectivity index (χ1v) is 31.1. The highest BCUT2D eigenvalue weighted by atomic mass is 16.7. The first kappa shape index (κ1) is 75.5. The minimum Gasteiger partial charge on any atom is -0.462 e. The van der Waals surface area contributed by atoms with Gasteiger partial charge in [0.1, 0.15) is 116 Å². The van der Waals surface area contributed by atoms with Crippen LogP contribution in [0.4, 0.5) is 0 Å². The second kappa shape index (κ2) is 34.8. The summed E-state index contributed by atoms with van der Waals surface area (Å²) in [6.07, 6.45) is -28.3. The molecule has 5 heterocycles. The van der Waals surface area contributed by atoms with Crippen molar-refractivity contribution in [2.75, 3.05) is 39.5 Å². The van der Waals surface area contributed by atoms with E-state index < -0.39 is 227 Å². The van der Waals surface area contributed by atoms with Crippen LogP contribution in [0, 0.1) is 0 Å². The topological polar surface area (TPSA) is 587 Å². The predicted molar refractivity (Wildman–Crippen MR) is 325 cm³/mol. The third-order valence-electron chi connectivity index (χ3n) is 17.2. The molecule has 7 rings (SSSR count). The average Bonchev–Trinajstić information content (AvgIpc) is 1.77. The summed E-state index contributed by atoms with van der Waals surface area (Å²) in [7, 11) is 0. The number of carbonyl (C=O) groups is 6. The smallest absolute Gasteiger partial charge is 0.306 e. The summed E-state index contributed by atoms with van der Waals surface area (Å²) in [6.45, 7) is -0.762. The van der Waals surface area contributed by atoms with Crippen LogP contribution in [0.3, 0.4) is 0 Å². The SMILES string of the molecule is CCCCCCC(=O)OC1C(OC2C(CO)OC(Oc3ccc(C[C@H](NC(=O)[C@@H](N)C(C)c4ccccc4)C(=O)N[C@H](C(=O)N[C@H](C(=O)N[C@H](C=O)CO)C(O)C4CN=C(N)N4C4OC(CO)C(O)C(O)C4O)C(O)C4CN=C(N)N4)cc3)C(O)C2O)OC(CO)C(O)C1O. The summed E-state index contributed by atoms with van der Waals surface area (Å²) in [5, 5.41) is 153. The number of rotatable bonds is 32. The zero-order valence-corrected chi connectivity index (χ0v) is 52.0. The first-order valence-electron chi connectivity index (χ1n) is 31.1. The second-order valence-electron chi connectivity index (χ2n) is 23.8. The molecule has 2 aromatic carbocycles. The number of aliphatic hydroxyl groups excluding tert-OH is 13. The quantitative estimate of drug-likeness (QED) is 0.0184. The van der Waals surface area contributed by atoms with E-state index in [0.29, 0.717) is 18.4 Å². The van der Waals surface area contributed by atoms with Gasteiger partial charge in [-0.05, 0) is 29.7 Å². The average molecular weight is 1350 g/mol. The third-order valence-corrected chi connectivity index (χ3v) is 17.2. The Kier molecular flexibility index (Phi) is 27.7. The summed E-state index contributed by atoms with van der Waals surface area (Å²) in [6, 6.07) is 2.09. The fraction of sp³-hybridized carbons (Fsp3) is 0.661. The Bertz CT molecular complexity index is 2910. The van der Waals surface area contributed by atoms with Gasteiger partial charge in [-0.1, -0.05) is 75.6 Å². The Labute approximate surface area is 544 Å². The molecule has 20 unspecified atom stereocenters. The van der Waals surface area contributed by atoms with Gasteiger partial charge in [0, 0.05) is 18.8 Å². The minimum absolute atomic E-state index is 0.0537. The summed E-state index contributed by atoms with van der Waals surface area (Å²) in [5.74, 6) is -7.00. The van der Waals surface area contributed by atoms with Crippen LogP contribution < -0.4 is 48.5 Å². The maximum atomic E-state index is 15.0. The van der Waals surface area contributed by atoms with Crippen molar-refractivity contribution in [3.8, 4) is 5.75 Å². The van der Waals surface area contributed by atoms with Crippen LogP contribution in [-0.4, -0.2) is 305 Å². The number of esters is 1. The zero-order chi connectivity index (χ0) is 69.5. The van der Waals surface area contributed by atoms with Crippen LogP contribution in [0.5, 0.6) is 5.75 Å². The van der Waals surface area contributed by atoms with Gasteiger partial charge in [-0.2, -0.15) is 0 Å². The van der Waals surface area contributed by atoms with E-state index in [2.05, 4.69) is 36.6 Å². The molecule has 5 aliphatic heterocycles. The van der Waals surface area contributed by atoms with Gasteiger partial charge in [-0.15, -0.1) is 0 Å². The van der Waals surface area contributed by atoms with Crippen molar-refractivity contribution in [1.29, 1.82) is 0 Å². The number of hydrogen-bond acceptors (Lipinski definition) is 32. The highest BCUT2D eigenvalue weighted by Crippen LogP contribution is 2.33. The molecule has 25 atom stereocenters. The molecule has 4 amide bonds. The van der Waals surface area contributed by atoms with Gasteiger partial charge in [-0.25, -0.2) is 0 Å². The van der Waals surface area contributed by atoms with E-state index in [1.807, 2.05) is 6.92 Å². The Balaban J connectivity index is 1.13. The van der Waals surface area contributed by atoms with Crippen LogP contribution >= 0.6 is 0 Å². The Hall–Kier alpha value is -6.92. The van der Waals surface area contributed by atoms with Gasteiger partial charge in [0.2, 0.25) is 29.9 Å². The normalized spacial score (nSPS) is 31.7. The van der Waals surface area contributed by atoms with Gasteiger partial charge in [-0.3, -0.25) is 34.0 Å². The summed E-state index contributed by atoms with van der Waals surface area (Å²) >= 11 is 0. The van der Waals surface area contributed by atoms with Crippen molar-refractivity contribution in [3.05, 3.63) is 65.7 Å². The lowest BCUT2D eigenvalue weighted by molar-refractivity contribution is -0.353. The Morgan fingerprint density at radius 2 is 1.29 bits per heavy atom. The van der Waals surface area contributed by atoms with Crippen molar-refractivity contribution in [2.24, 2.45) is 27.2 Å². The number of aliphatic hydroxyl groups is 13. The van der Waals surface area contributed by atoms with Crippen LogP contribution in [-0.2, 0) is 58.9 Å². The van der Waals surface area contributed by atoms with Gasteiger partial charge in [0.25, 0.3) is 0 Å². The van der Waals surface area contributed by atoms with Gasteiger partial charge < -0.3 is 148 Å². The van der Waals surface area contributed by atoms with E-state index >= 15 is 0 Å². The van der Waals surface area contributed by atoms with E-state index in [4.69, 9.17) is 45.6 Å². The predicted octanol–water partition coefficient (Wildman–Crippen LogP) is -10.2. The molecule has 0 radical (unpaired) electrons. The molecule has 3 fully saturated rings. The molecule has 24 N–H and O–H groups in total. The van der Waals surface area contributed by atoms with E-state index in [9.17, 15) is 95.2 Å². The Morgan fingerprint density at radius 1 is 0.684 bits per heavy atom. The third kappa shape index (κ3) is 18.4.